The van der Waals surface area contributed by atoms with Crippen molar-refractivity contribution in [3.63, 3.8) is 0 Å². The molecule has 0 bridgehead atoms. The van der Waals surface area contributed by atoms with Gasteiger partial charge in [0.2, 0.25) is 0 Å². The van der Waals surface area contributed by atoms with Gasteiger partial charge in [-0.25, -0.2) is 0 Å². The minimum Gasteiger partial charge on any atom is -0.493 e. The van der Waals surface area contributed by atoms with Crippen molar-refractivity contribution in [3.05, 3.63) is 29.3 Å². The first-order valence-corrected chi connectivity index (χ1v) is 6.17. The summed E-state index contributed by atoms with van der Waals surface area (Å²) in [6, 6.07) is 6.27. The van der Waals surface area contributed by atoms with E-state index in [4.69, 9.17) is 4.74 Å². The van der Waals surface area contributed by atoms with Crippen LogP contribution >= 0.6 is 0 Å². The third kappa shape index (κ3) is 2.76. The van der Waals surface area contributed by atoms with Crippen molar-refractivity contribution in [2.24, 2.45) is 5.92 Å². The number of hydrogen-bond acceptors (Lipinski definition) is 2. The smallest absolute Gasteiger partial charge is 0.122 e. The van der Waals surface area contributed by atoms with Crippen molar-refractivity contribution < 1.29 is 4.74 Å². The van der Waals surface area contributed by atoms with Crippen LogP contribution in [-0.2, 0) is 0 Å². The van der Waals surface area contributed by atoms with Crippen LogP contribution in [0.2, 0.25) is 0 Å². The molecule has 1 N–H and O–H groups in total. The molecule has 1 aliphatic rings. The largest absolute Gasteiger partial charge is 0.493 e. The standard InChI is InChI=1S/C14H21NO/c1-11-4-3-5-14(12(11)2)16-10-13-6-8-15-9-7-13/h3-5,13,15H,6-10H2,1-2H3. The number of ether oxygens (including phenoxy) is 1. The first-order valence-electron chi connectivity index (χ1n) is 6.17. The van der Waals surface area contributed by atoms with Gasteiger partial charge in [0, 0.05) is 0 Å². The van der Waals surface area contributed by atoms with Gasteiger partial charge in [0.15, 0.2) is 0 Å². The van der Waals surface area contributed by atoms with Crippen molar-refractivity contribution in [2.45, 2.75) is 26.7 Å². The van der Waals surface area contributed by atoms with E-state index < -0.39 is 0 Å². The molecule has 0 radical (unpaired) electrons. The maximum Gasteiger partial charge on any atom is 0.122 e. The van der Waals surface area contributed by atoms with Gasteiger partial charge in [0.1, 0.15) is 5.75 Å². The minimum atomic E-state index is 0.723. The molecule has 2 heteroatoms. The summed E-state index contributed by atoms with van der Waals surface area (Å²) < 4.78 is 5.93. The number of aryl methyl sites for hydroxylation is 1. The molecule has 1 saturated heterocycles. The zero-order valence-corrected chi connectivity index (χ0v) is 10.3. The molecule has 1 aromatic rings. The number of rotatable bonds is 3. The molecule has 0 aliphatic carbocycles. The second-order valence-corrected chi connectivity index (χ2v) is 4.70. The summed E-state index contributed by atoms with van der Waals surface area (Å²) in [4.78, 5) is 0. The third-order valence-electron chi connectivity index (χ3n) is 3.49. The fourth-order valence-corrected chi connectivity index (χ4v) is 2.14. The van der Waals surface area contributed by atoms with Gasteiger partial charge in [-0.15, -0.1) is 0 Å². The van der Waals surface area contributed by atoms with Crippen molar-refractivity contribution in [1.29, 1.82) is 0 Å². The number of hydrogen-bond donors (Lipinski definition) is 1. The Bertz CT molecular complexity index is 343. The van der Waals surface area contributed by atoms with Crippen LogP contribution in [0.25, 0.3) is 0 Å². The fourth-order valence-electron chi connectivity index (χ4n) is 2.14. The van der Waals surface area contributed by atoms with Gasteiger partial charge >= 0.3 is 0 Å². The first-order chi connectivity index (χ1) is 7.77. The first kappa shape index (κ1) is 11.5. The van der Waals surface area contributed by atoms with Crippen LogP contribution in [0.4, 0.5) is 0 Å². The van der Waals surface area contributed by atoms with Crippen LogP contribution in [-0.4, -0.2) is 19.7 Å². The molecule has 2 rings (SSSR count). The second kappa shape index (κ2) is 5.35. The summed E-state index contributed by atoms with van der Waals surface area (Å²) >= 11 is 0. The molecule has 0 amide bonds. The maximum absolute atomic E-state index is 5.93. The molecule has 0 unspecified atom stereocenters. The van der Waals surface area contributed by atoms with Gasteiger partial charge in [0.05, 0.1) is 6.61 Å². The summed E-state index contributed by atoms with van der Waals surface area (Å²) in [6.07, 6.45) is 2.48. The Kier molecular flexibility index (Phi) is 3.83. The molecule has 1 heterocycles. The van der Waals surface area contributed by atoms with E-state index >= 15 is 0 Å². The SMILES string of the molecule is Cc1cccc(OCC2CCNCC2)c1C. The molecule has 1 aromatic carbocycles. The molecule has 88 valence electrons. The van der Waals surface area contributed by atoms with E-state index in [-0.39, 0.29) is 0 Å². The van der Waals surface area contributed by atoms with Gasteiger partial charge in [-0.3, -0.25) is 0 Å². The Morgan fingerprint density at radius 3 is 2.75 bits per heavy atom. The van der Waals surface area contributed by atoms with Crippen molar-refractivity contribution >= 4 is 0 Å². The third-order valence-corrected chi connectivity index (χ3v) is 3.49. The van der Waals surface area contributed by atoms with Gasteiger partial charge in [-0.1, -0.05) is 12.1 Å². The molecule has 2 nitrogen and oxygen atoms in total. The lowest BCUT2D eigenvalue weighted by Crippen LogP contribution is -2.30. The zero-order chi connectivity index (χ0) is 11.4. The number of nitrogens with one attached hydrogen (secondary N) is 1. The summed E-state index contributed by atoms with van der Waals surface area (Å²) in [5, 5.41) is 3.38. The zero-order valence-electron chi connectivity index (χ0n) is 10.3. The molecule has 16 heavy (non-hydrogen) atoms. The van der Waals surface area contributed by atoms with Gasteiger partial charge in [0.25, 0.3) is 0 Å². The van der Waals surface area contributed by atoms with Gasteiger partial charge in [-0.2, -0.15) is 0 Å². The number of benzene rings is 1. The summed E-state index contributed by atoms with van der Waals surface area (Å²) in [5.74, 6) is 1.78. The predicted molar refractivity (Wildman–Crippen MR) is 67.0 cm³/mol. The van der Waals surface area contributed by atoms with Crippen molar-refractivity contribution in [2.75, 3.05) is 19.7 Å². The van der Waals surface area contributed by atoms with Crippen LogP contribution in [0.1, 0.15) is 24.0 Å². The van der Waals surface area contributed by atoms with Crippen LogP contribution in [0.3, 0.4) is 0 Å². The van der Waals surface area contributed by atoms with Gasteiger partial charge in [-0.05, 0) is 62.9 Å². The number of piperidine rings is 1. The molecule has 0 saturated carbocycles. The molecule has 0 atom stereocenters. The van der Waals surface area contributed by atoms with Gasteiger partial charge < -0.3 is 10.1 Å². The highest BCUT2D eigenvalue weighted by molar-refractivity contribution is 5.38. The van der Waals surface area contributed by atoms with E-state index in [1.54, 1.807) is 0 Å². The molecular formula is C14H21NO. The van der Waals surface area contributed by atoms with E-state index in [0.717, 1.165) is 31.4 Å². The highest BCUT2D eigenvalue weighted by Crippen LogP contribution is 2.22. The quantitative estimate of drug-likeness (QED) is 0.844. The molecule has 1 fully saturated rings. The Morgan fingerprint density at radius 2 is 2.00 bits per heavy atom. The Labute approximate surface area is 98.0 Å². The normalized spacial score (nSPS) is 17.4. The van der Waals surface area contributed by atoms with E-state index in [2.05, 4.69) is 37.4 Å². The Hall–Kier alpha value is -1.02. The summed E-state index contributed by atoms with van der Waals surface area (Å²) in [5.41, 5.74) is 2.58. The highest BCUT2D eigenvalue weighted by atomic mass is 16.5. The summed E-state index contributed by atoms with van der Waals surface area (Å²) in [7, 11) is 0. The van der Waals surface area contributed by atoms with E-state index in [1.807, 2.05) is 0 Å². The van der Waals surface area contributed by atoms with E-state index in [0.29, 0.717) is 0 Å². The van der Waals surface area contributed by atoms with Crippen molar-refractivity contribution in [3.8, 4) is 5.75 Å². The monoisotopic (exact) mass is 219 g/mol. The highest BCUT2D eigenvalue weighted by Gasteiger charge is 2.14. The average molecular weight is 219 g/mol. The maximum atomic E-state index is 5.93. The molecule has 1 aliphatic heterocycles. The van der Waals surface area contributed by atoms with Crippen molar-refractivity contribution in [1.82, 2.24) is 5.32 Å². The fraction of sp³-hybridized carbons (Fsp3) is 0.571. The molecule has 0 spiro atoms. The Morgan fingerprint density at radius 1 is 1.25 bits per heavy atom. The summed E-state index contributed by atoms with van der Waals surface area (Å²) in [6.45, 7) is 7.41. The van der Waals surface area contributed by atoms with Crippen LogP contribution in [0.5, 0.6) is 5.75 Å². The molecular weight excluding hydrogens is 198 g/mol. The topological polar surface area (TPSA) is 21.3 Å². The Balaban J connectivity index is 1.91. The predicted octanol–water partition coefficient (Wildman–Crippen LogP) is 2.68. The second-order valence-electron chi connectivity index (χ2n) is 4.70. The van der Waals surface area contributed by atoms with Crippen LogP contribution in [0.15, 0.2) is 18.2 Å². The van der Waals surface area contributed by atoms with Crippen LogP contribution < -0.4 is 10.1 Å². The van der Waals surface area contributed by atoms with E-state index in [9.17, 15) is 0 Å². The van der Waals surface area contributed by atoms with Crippen LogP contribution in [0, 0.1) is 19.8 Å². The lowest BCUT2D eigenvalue weighted by Gasteiger charge is -2.23. The minimum absolute atomic E-state index is 0.723. The lowest BCUT2D eigenvalue weighted by molar-refractivity contribution is 0.214. The molecule has 0 aromatic heterocycles. The van der Waals surface area contributed by atoms with E-state index in [1.165, 1.54) is 24.0 Å². The average Bonchev–Trinajstić information content (AvgIpc) is 2.32. The lowest BCUT2D eigenvalue weighted by atomic mass is 9.99.